The van der Waals surface area contributed by atoms with Gasteiger partial charge in [-0.15, -0.1) is 11.3 Å². The molecule has 0 aliphatic carbocycles. The number of hydrogen-bond acceptors (Lipinski definition) is 5. The van der Waals surface area contributed by atoms with Crippen LogP contribution in [0.15, 0.2) is 18.5 Å². The van der Waals surface area contributed by atoms with Gasteiger partial charge in [0.2, 0.25) is 0 Å². The zero-order valence-corrected chi connectivity index (χ0v) is 12.9. The highest BCUT2D eigenvalue weighted by atomic mass is 32.1. The van der Waals surface area contributed by atoms with E-state index in [0.29, 0.717) is 21.4 Å². The van der Waals surface area contributed by atoms with E-state index in [0.717, 1.165) is 6.42 Å². The molecule has 6 heteroatoms. The van der Waals surface area contributed by atoms with E-state index in [1.165, 1.54) is 11.3 Å². The van der Waals surface area contributed by atoms with E-state index in [1.54, 1.807) is 18.5 Å². The summed E-state index contributed by atoms with van der Waals surface area (Å²) < 4.78 is 0. The molecule has 1 amide bonds. The van der Waals surface area contributed by atoms with Gasteiger partial charge in [-0.1, -0.05) is 6.92 Å². The van der Waals surface area contributed by atoms with Crippen molar-refractivity contribution in [1.29, 1.82) is 0 Å². The molecule has 2 aromatic rings. The quantitative estimate of drug-likeness (QED) is 0.940. The molecular formula is C14H18N4OS. The lowest BCUT2D eigenvalue weighted by Gasteiger charge is -2.24. The van der Waals surface area contributed by atoms with Crippen molar-refractivity contribution >= 4 is 17.2 Å². The molecule has 0 fully saturated rings. The highest BCUT2D eigenvalue weighted by Gasteiger charge is 2.23. The van der Waals surface area contributed by atoms with Crippen molar-refractivity contribution in [3.05, 3.63) is 29.0 Å². The number of carbonyl (C=O) groups excluding carboxylic acids is 1. The van der Waals surface area contributed by atoms with Crippen molar-refractivity contribution in [2.75, 3.05) is 0 Å². The number of nitrogens with one attached hydrogen (secondary N) is 1. The van der Waals surface area contributed by atoms with Gasteiger partial charge in [0.05, 0.1) is 5.69 Å². The number of aryl methyl sites for hydroxylation is 1. The summed E-state index contributed by atoms with van der Waals surface area (Å²) in [6.07, 6.45) is 4.20. The van der Waals surface area contributed by atoms with Crippen molar-refractivity contribution in [3.8, 4) is 10.8 Å². The molecule has 0 aromatic carbocycles. The van der Waals surface area contributed by atoms with Gasteiger partial charge in [-0.25, -0.2) is 15.0 Å². The molecule has 0 aliphatic heterocycles. The second-order valence-corrected chi connectivity index (χ2v) is 6.20. The third-order valence-corrected chi connectivity index (χ3v) is 4.25. The maximum Gasteiger partial charge on any atom is 0.263 e. The monoisotopic (exact) mass is 290 g/mol. The van der Waals surface area contributed by atoms with Crippen LogP contribution in [0.2, 0.25) is 0 Å². The molecule has 0 aliphatic rings. The summed E-state index contributed by atoms with van der Waals surface area (Å²) in [6.45, 7) is 7.88. The lowest BCUT2D eigenvalue weighted by molar-refractivity contribution is 0.0914. The molecule has 0 atom stereocenters. The van der Waals surface area contributed by atoms with Crippen molar-refractivity contribution in [3.63, 3.8) is 0 Å². The molecule has 5 nitrogen and oxygen atoms in total. The Bertz CT molecular complexity index is 607. The second kappa shape index (κ2) is 5.66. The summed E-state index contributed by atoms with van der Waals surface area (Å²) in [5.41, 5.74) is 0.485. The van der Waals surface area contributed by atoms with Gasteiger partial charge in [0.25, 0.3) is 5.91 Å². The average molecular weight is 290 g/mol. The third kappa shape index (κ3) is 3.19. The normalized spacial score (nSPS) is 11.4. The summed E-state index contributed by atoms with van der Waals surface area (Å²) >= 11 is 1.32. The highest BCUT2D eigenvalue weighted by molar-refractivity contribution is 7.17. The molecule has 2 heterocycles. The van der Waals surface area contributed by atoms with Crippen LogP contribution in [0.3, 0.4) is 0 Å². The van der Waals surface area contributed by atoms with Crippen molar-refractivity contribution < 1.29 is 4.79 Å². The first-order valence-electron chi connectivity index (χ1n) is 6.50. The predicted octanol–water partition coefficient (Wildman–Crippen LogP) is 2.83. The Morgan fingerprint density at radius 3 is 2.60 bits per heavy atom. The molecule has 20 heavy (non-hydrogen) atoms. The van der Waals surface area contributed by atoms with Crippen LogP contribution in [0.1, 0.15) is 42.6 Å². The van der Waals surface area contributed by atoms with Crippen LogP contribution in [-0.2, 0) is 0 Å². The topological polar surface area (TPSA) is 67.8 Å². The minimum absolute atomic E-state index is 0.0889. The molecule has 0 saturated carbocycles. The van der Waals surface area contributed by atoms with Gasteiger partial charge in [0.1, 0.15) is 4.88 Å². The Balaban J connectivity index is 2.26. The Labute approximate surface area is 122 Å². The number of hydrogen-bond donors (Lipinski definition) is 1. The van der Waals surface area contributed by atoms with Gasteiger partial charge in [-0.2, -0.15) is 0 Å². The van der Waals surface area contributed by atoms with E-state index in [9.17, 15) is 4.79 Å². The summed E-state index contributed by atoms with van der Waals surface area (Å²) in [5.74, 6) is 0.462. The van der Waals surface area contributed by atoms with Crippen LogP contribution >= 0.6 is 11.3 Å². The van der Waals surface area contributed by atoms with Gasteiger partial charge in [0, 0.05) is 17.9 Å². The van der Waals surface area contributed by atoms with Crippen LogP contribution in [0.4, 0.5) is 0 Å². The van der Waals surface area contributed by atoms with Crippen LogP contribution in [0, 0.1) is 6.92 Å². The Morgan fingerprint density at radius 1 is 1.35 bits per heavy atom. The maximum absolute atomic E-state index is 12.3. The summed E-state index contributed by atoms with van der Waals surface area (Å²) in [6, 6.07) is 1.75. The van der Waals surface area contributed by atoms with E-state index in [-0.39, 0.29) is 11.4 Å². The molecule has 0 bridgehead atoms. The van der Waals surface area contributed by atoms with Gasteiger partial charge < -0.3 is 5.32 Å². The fourth-order valence-electron chi connectivity index (χ4n) is 1.56. The molecule has 0 saturated heterocycles. The highest BCUT2D eigenvalue weighted by Crippen LogP contribution is 2.25. The Kier molecular flexibility index (Phi) is 4.13. The largest absolute Gasteiger partial charge is 0.346 e. The molecule has 0 unspecified atom stereocenters. The van der Waals surface area contributed by atoms with Gasteiger partial charge >= 0.3 is 0 Å². The first kappa shape index (κ1) is 14.6. The summed E-state index contributed by atoms with van der Waals surface area (Å²) in [7, 11) is 0. The van der Waals surface area contributed by atoms with Gasteiger partial charge in [0.15, 0.2) is 10.8 Å². The number of thiazole rings is 1. The minimum atomic E-state index is -0.225. The Hall–Kier alpha value is -1.82. The molecular weight excluding hydrogens is 272 g/mol. The zero-order valence-electron chi connectivity index (χ0n) is 12.1. The van der Waals surface area contributed by atoms with Crippen LogP contribution in [0.25, 0.3) is 10.8 Å². The van der Waals surface area contributed by atoms with Crippen LogP contribution in [0.5, 0.6) is 0 Å². The summed E-state index contributed by atoms with van der Waals surface area (Å²) in [5, 5.41) is 3.69. The molecule has 2 rings (SSSR count). The van der Waals surface area contributed by atoms with Crippen LogP contribution in [-0.4, -0.2) is 26.4 Å². The van der Waals surface area contributed by atoms with E-state index >= 15 is 0 Å². The zero-order chi connectivity index (χ0) is 14.8. The van der Waals surface area contributed by atoms with E-state index < -0.39 is 0 Å². The van der Waals surface area contributed by atoms with Crippen molar-refractivity contribution in [1.82, 2.24) is 20.3 Å². The maximum atomic E-state index is 12.3. The minimum Gasteiger partial charge on any atom is -0.346 e. The lowest BCUT2D eigenvalue weighted by atomic mass is 10.0. The molecule has 1 N–H and O–H groups in total. The number of carbonyl (C=O) groups is 1. The molecule has 0 spiro atoms. The van der Waals surface area contributed by atoms with Gasteiger partial charge in [-0.05, 0) is 33.3 Å². The first-order chi connectivity index (χ1) is 9.43. The standard InChI is InChI=1S/C14H18N4OS/c1-5-14(3,4)18-12(19)10-9(2)17-13(20-10)11-15-7-6-8-16-11/h6-8H,5H2,1-4H3,(H,18,19). The fourth-order valence-corrected chi connectivity index (χ4v) is 2.47. The number of aromatic nitrogens is 3. The van der Waals surface area contributed by atoms with E-state index in [2.05, 4.69) is 20.3 Å². The molecule has 106 valence electrons. The molecule has 2 aromatic heterocycles. The first-order valence-corrected chi connectivity index (χ1v) is 7.32. The number of amides is 1. The Morgan fingerprint density at radius 2 is 2.00 bits per heavy atom. The third-order valence-electron chi connectivity index (χ3n) is 3.10. The van der Waals surface area contributed by atoms with E-state index in [4.69, 9.17) is 0 Å². The average Bonchev–Trinajstić information content (AvgIpc) is 2.81. The fraction of sp³-hybridized carbons (Fsp3) is 0.429. The predicted molar refractivity (Wildman–Crippen MR) is 79.7 cm³/mol. The number of rotatable bonds is 4. The second-order valence-electron chi connectivity index (χ2n) is 5.20. The van der Waals surface area contributed by atoms with Crippen molar-refractivity contribution in [2.24, 2.45) is 0 Å². The number of nitrogens with zero attached hydrogens (tertiary/aromatic N) is 3. The van der Waals surface area contributed by atoms with E-state index in [1.807, 2.05) is 27.7 Å². The summed E-state index contributed by atoms with van der Waals surface area (Å²) in [4.78, 5) is 25.6. The SMILES string of the molecule is CCC(C)(C)NC(=O)c1sc(-c2ncccn2)nc1C. The lowest BCUT2D eigenvalue weighted by Crippen LogP contribution is -2.42. The molecule has 0 radical (unpaired) electrons. The smallest absolute Gasteiger partial charge is 0.263 e. The van der Waals surface area contributed by atoms with Crippen molar-refractivity contribution in [2.45, 2.75) is 39.7 Å². The van der Waals surface area contributed by atoms with Gasteiger partial charge in [-0.3, -0.25) is 4.79 Å². The van der Waals surface area contributed by atoms with Crippen LogP contribution < -0.4 is 5.32 Å².